The number of nitriles is 1. The van der Waals surface area contributed by atoms with E-state index in [2.05, 4.69) is 11.3 Å². The van der Waals surface area contributed by atoms with Crippen LogP contribution in [0.2, 0.25) is 0 Å². The average molecular weight is 467 g/mol. The summed E-state index contributed by atoms with van der Waals surface area (Å²) in [7, 11) is 0. The maximum absolute atomic E-state index is 14.6. The fraction of sp³-hybridized carbons (Fsp3) is 0.400. The van der Waals surface area contributed by atoms with Gasteiger partial charge in [0.25, 0.3) is 0 Å². The van der Waals surface area contributed by atoms with Gasteiger partial charge in [0.15, 0.2) is 0 Å². The largest absolute Gasteiger partial charge is 0.432 e. The summed E-state index contributed by atoms with van der Waals surface area (Å²) >= 11 is 0. The smallest absolute Gasteiger partial charge is 0.429 e. The van der Waals surface area contributed by atoms with Crippen LogP contribution in [0.25, 0.3) is 0 Å². The minimum absolute atomic E-state index is 0.144. The molecule has 3 rings (SSSR count). The summed E-state index contributed by atoms with van der Waals surface area (Å²) in [6, 6.07) is 3.69. The quantitative estimate of drug-likeness (QED) is 0.225. The maximum atomic E-state index is 14.6. The van der Waals surface area contributed by atoms with E-state index in [1.807, 2.05) is 6.08 Å². The van der Waals surface area contributed by atoms with E-state index in [0.29, 0.717) is 36.5 Å². The van der Waals surface area contributed by atoms with Crippen molar-refractivity contribution >= 4 is 0 Å². The summed E-state index contributed by atoms with van der Waals surface area (Å²) in [5, 5.41) is 8.65. The third kappa shape index (κ3) is 5.70. The number of alkyl halides is 2. The first kappa shape index (κ1) is 24.7. The van der Waals surface area contributed by atoms with Gasteiger partial charge in [-0.3, -0.25) is 0 Å². The first-order valence-electron chi connectivity index (χ1n) is 10.7. The van der Waals surface area contributed by atoms with E-state index >= 15 is 0 Å². The van der Waals surface area contributed by atoms with E-state index in [-0.39, 0.29) is 5.92 Å². The molecule has 0 saturated heterocycles. The Hall–Kier alpha value is -2.95. The predicted molar refractivity (Wildman–Crippen MR) is 111 cm³/mol. The molecule has 1 aliphatic rings. The van der Waals surface area contributed by atoms with Crippen molar-refractivity contribution in [1.82, 2.24) is 0 Å². The Morgan fingerprint density at radius 2 is 1.55 bits per heavy atom. The molecule has 0 radical (unpaired) electrons. The topological polar surface area (TPSA) is 33.0 Å². The van der Waals surface area contributed by atoms with Gasteiger partial charge in [0.05, 0.1) is 0 Å². The van der Waals surface area contributed by atoms with Crippen LogP contribution in [0.15, 0.2) is 36.9 Å². The van der Waals surface area contributed by atoms with E-state index in [1.165, 1.54) is 6.07 Å². The first-order valence-corrected chi connectivity index (χ1v) is 10.7. The van der Waals surface area contributed by atoms with Crippen LogP contribution in [0, 0.1) is 40.5 Å². The second-order valence-electron chi connectivity index (χ2n) is 8.29. The number of rotatable bonds is 8. The Labute approximate surface area is 188 Å². The van der Waals surface area contributed by atoms with Crippen LogP contribution < -0.4 is 4.74 Å². The molecule has 0 atom stereocenters. The van der Waals surface area contributed by atoms with Crippen LogP contribution in [-0.2, 0) is 6.11 Å². The van der Waals surface area contributed by atoms with Crippen molar-refractivity contribution < 1.29 is 31.1 Å². The molecule has 0 heterocycles. The van der Waals surface area contributed by atoms with Gasteiger partial charge in [0, 0.05) is 12.1 Å². The molecule has 2 aromatic rings. The van der Waals surface area contributed by atoms with E-state index in [4.69, 9.17) is 5.26 Å². The van der Waals surface area contributed by atoms with Crippen molar-refractivity contribution in [2.75, 3.05) is 0 Å². The minimum atomic E-state index is -4.54. The molecule has 0 aromatic heterocycles. The van der Waals surface area contributed by atoms with Crippen LogP contribution >= 0.6 is 0 Å². The zero-order chi connectivity index (χ0) is 24.2. The third-order valence-corrected chi connectivity index (χ3v) is 6.07. The van der Waals surface area contributed by atoms with Crippen molar-refractivity contribution in [1.29, 1.82) is 5.26 Å². The predicted octanol–water partition coefficient (Wildman–Crippen LogP) is 7.87. The van der Waals surface area contributed by atoms with E-state index in [9.17, 15) is 26.3 Å². The molecular formula is C25H23F6NO. The van der Waals surface area contributed by atoms with Gasteiger partial charge >= 0.3 is 6.11 Å². The number of allylic oxidation sites excluding steroid dienone is 1. The normalized spacial score (nSPS) is 18.6. The number of hydrogen-bond acceptors (Lipinski definition) is 2. The molecule has 1 fully saturated rings. The molecule has 0 N–H and O–H groups in total. The molecule has 176 valence electrons. The van der Waals surface area contributed by atoms with Crippen LogP contribution in [0.5, 0.6) is 5.75 Å². The van der Waals surface area contributed by atoms with Crippen molar-refractivity contribution in [3.8, 4) is 11.8 Å². The Kier molecular flexibility index (Phi) is 7.72. The number of hydrogen-bond donors (Lipinski definition) is 0. The number of unbranched alkanes of at least 4 members (excludes halogenated alkanes) is 1. The fourth-order valence-corrected chi connectivity index (χ4v) is 4.36. The highest BCUT2D eigenvalue weighted by Crippen LogP contribution is 2.41. The van der Waals surface area contributed by atoms with Crippen LogP contribution in [0.4, 0.5) is 26.3 Å². The van der Waals surface area contributed by atoms with Gasteiger partial charge in [0.1, 0.15) is 46.2 Å². The van der Waals surface area contributed by atoms with E-state index in [0.717, 1.165) is 44.2 Å². The summed E-state index contributed by atoms with van der Waals surface area (Å²) < 4.78 is 90.0. The highest BCUT2D eigenvalue weighted by Gasteiger charge is 2.42. The molecule has 0 unspecified atom stereocenters. The van der Waals surface area contributed by atoms with E-state index < -0.39 is 46.3 Å². The van der Waals surface area contributed by atoms with Crippen LogP contribution in [0.1, 0.15) is 67.6 Å². The fourth-order valence-electron chi connectivity index (χ4n) is 4.36. The minimum Gasteiger partial charge on any atom is -0.429 e. The van der Waals surface area contributed by atoms with E-state index in [1.54, 1.807) is 0 Å². The molecule has 2 aromatic carbocycles. The SMILES string of the molecule is C=CCCC[C@H]1CC[C@H](c2cc(F)c(C(F)(F)Oc3cc(F)c(C#N)c(F)c3)c(F)c2)CC1. The summed E-state index contributed by atoms with van der Waals surface area (Å²) in [5.74, 6) is -6.49. The number of halogens is 6. The molecule has 0 spiro atoms. The molecule has 1 aliphatic carbocycles. The Morgan fingerprint density at radius 3 is 2.06 bits per heavy atom. The standard InChI is InChI=1S/C25H23F6NO/c1-2-3-4-5-15-6-8-16(9-7-15)17-10-22(28)24(23(29)11-17)25(30,31)33-18-12-20(26)19(14-32)21(27)13-18/h2,10-13,15-16H,1,3-9H2/t15-,16-. The summed E-state index contributed by atoms with van der Waals surface area (Å²) in [6.07, 6.45) is 3.55. The van der Waals surface area contributed by atoms with Gasteiger partial charge < -0.3 is 4.74 Å². The lowest BCUT2D eigenvalue weighted by Crippen LogP contribution is -2.26. The molecule has 1 saturated carbocycles. The third-order valence-electron chi connectivity index (χ3n) is 6.07. The zero-order valence-corrected chi connectivity index (χ0v) is 17.8. The summed E-state index contributed by atoms with van der Waals surface area (Å²) in [6.45, 7) is 3.70. The lowest BCUT2D eigenvalue weighted by molar-refractivity contribution is -0.189. The summed E-state index contributed by atoms with van der Waals surface area (Å²) in [4.78, 5) is 0. The van der Waals surface area contributed by atoms with Gasteiger partial charge in [-0.15, -0.1) is 6.58 Å². The van der Waals surface area contributed by atoms with Crippen molar-refractivity contribution in [2.45, 2.75) is 57.0 Å². The lowest BCUT2D eigenvalue weighted by Gasteiger charge is -2.29. The number of ether oxygens (including phenoxy) is 1. The Morgan fingerprint density at radius 1 is 0.970 bits per heavy atom. The number of nitrogens with zero attached hydrogens (tertiary/aromatic N) is 1. The van der Waals surface area contributed by atoms with Gasteiger partial charge in [-0.1, -0.05) is 12.5 Å². The highest BCUT2D eigenvalue weighted by atomic mass is 19.3. The second-order valence-corrected chi connectivity index (χ2v) is 8.29. The van der Waals surface area contributed by atoms with Crippen molar-refractivity contribution in [3.63, 3.8) is 0 Å². The molecule has 0 bridgehead atoms. The van der Waals surface area contributed by atoms with Gasteiger partial charge in [-0.25, -0.2) is 17.6 Å². The lowest BCUT2D eigenvalue weighted by atomic mass is 9.77. The number of benzene rings is 2. The van der Waals surface area contributed by atoms with Crippen LogP contribution in [-0.4, -0.2) is 0 Å². The van der Waals surface area contributed by atoms with Gasteiger partial charge in [0.2, 0.25) is 0 Å². The molecular weight excluding hydrogens is 444 g/mol. The monoisotopic (exact) mass is 467 g/mol. The molecule has 8 heteroatoms. The molecule has 33 heavy (non-hydrogen) atoms. The average Bonchev–Trinajstić information content (AvgIpc) is 2.73. The Balaban J connectivity index is 1.76. The van der Waals surface area contributed by atoms with Gasteiger partial charge in [-0.05, 0) is 68.1 Å². The second kappa shape index (κ2) is 10.3. The highest BCUT2D eigenvalue weighted by molar-refractivity contribution is 5.39. The molecule has 0 aliphatic heterocycles. The van der Waals surface area contributed by atoms with Gasteiger partial charge in [-0.2, -0.15) is 14.0 Å². The maximum Gasteiger partial charge on any atom is 0.432 e. The zero-order valence-electron chi connectivity index (χ0n) is 17.8. The van der Waals surface area contributed by atoms with Crippen molar-refractivity contribution in [3.05, 3.63) is 76.9 Å². The Bertz CT molecular complexity index is 1010. The summed E-state index contributed by atoms with van der Waals surface area (Å²) in [5.41, 5.74) is -2.33. The van der Waals surface area contributed by atoms with Crippen molar-refractivity contribution in [2.24, 2.45) is 5.92 Å². The first-order chi connectivity index (χ1) is 15.7. The van der Waals surface area contributed by atoms with Crippen LogP contribution in [0.3, 0.4) is 0 Å². The molecule has 2 nitrogen and oxygen atoms in total. The molecule has 0 amide bonds.